The van der Waals surface area contributed by atoms with Crippen LogP contribution in [0.4, 0.5) is 10.2 Å². The highest BCUT2D eigenvalue weighted by atomic mass is 32.2. The second-order valence-corrected chi connectivity index (χ2v) is 9.61. The van der Waals surface area contributed by atoms with Crippen LogP contribution in [0, 0.1) is 12.7 Å². The standard InChI is InChI=1S/C24H31FN6O4S/c1-3-8-36-24-27-22(26-16-10-14(16)13-5-4-12(2)15(25)9-13)19-23(28-24)31(30-29-19)17-11-18(35-7-6-32)21(34)20(17)33/h4-5,9,14,16-18,20-21,32-34H,3,6-8,10-11H2,1-2H3,(H,26,27,28)/t14-,16+,17+,18-,20-,21+/m0/s1/i4D,5D,6D2,9D,10D2,16D. The Morgan fingerprint density at radius 3 is 3.00 bits per heavy atom. The first kappa shape index (κ1) is 17.2. The van der Waals surface area contributed by atoms with Gasteiger partial charge in [0.15, 0.2) is 22.1 Å². The largest absolute Gasteiger partial charge is 0.394 e. The second kappa shape index (κ2) is 10.5. The summed E-state index contributed by atoms with van der Waals surface area (Å²) in [7, 11) is 0. The van der Waals surface area contributed by atoms with E-state index in [0.717, 1.165) is 6.42 Å². The van der Waals surface area contributed by atoms with Gasteiger partial charge in [-0.05, 0) is 36.9 Å². The van der Waals surface area contributed by atoms with Crippen molar-refractivity contribution < 1.29 is 35.4 Å². The molecular formula is C24H31FN6O4S. The average molecular weight is 527 g/mol. The molecule has 0 saturated heterocycles. The van der Waals surface area contributed by atoms with E-state index in [1.165, 1.54) is 23.4 Å². The maximum atomic E-state index is 14.8. The predicted molar refractivity (Wildman–Crippen MR) is 133 cm³/mol. The number of rotatable bonds is 10. The lowest BCUT2D eigenvalue weighted by atomic mass is 10.1. The third-order valence-corrected chi connectivity index (χ3v) is 7.07. The zero-order chi connectivity index (χ0) is 32.5. The van der Waals surface area contributed by atoms with Crippen molar-refractivity contribution in [3.8, 4) is 0 Å². The first-order valence-electron chi connectivity index (χ1n) is 15.4. The molecule has 6 atom stereocenters. The molecule has 2 aliphatic rings. The Balaban J connectivity index is 1.54. The van der Waals surface area contributed by atoms with Gasteiger partial charge in [0.25, 0.3) is 0 Å². The van der Waals surface area contributed by atoms with Crippen LogP contribution in [-0.2, 0) is 4.74 Å². The summed E-state index contributed by atoms with van der Waals surface area (Å²) in [5.41, 5.74) is -0.595. The molecule has 0 aliphatic heterocycles. The first-order valence-corrected chi connectivity index (χ1v) is 12.4. The first-order chi connectivity index (χ1) is 20.4. The summed E-state index contributed by atoms with van der Waals surface area (Å²) >= 11 is 1.24. The summed E-state index contributed by atoms with van der Waals surface area (Å²) in [4.78, 5) is 8.92. The number of aromatic nitrogens is 5. The van der Waals surface area contributed by atoms with Gasteiger partial charge >= 0.3 is 0 Å². The number of halogens is 1. The molecule has 0 unspecified atom stereocenters. The second-order valence-electron chi connectivity index (χ2n) is 8.54. The highest BCUT2D eigenvalue weighted by Gasteiger charge is 2.45. The molecule has 194 valence electrons. The quantitative estimate of drug-likeness (QED) is 0.230. The van der Waals surface area contributed by atoms with Crippen molar-refractivity contribution in [3.63, 3.8) is 0 Å². The van der Waals surface area contributed by atoms with Crippen molar-refractivity contribution >= 4 is 28.7 Å². The van der Waals surface area contributed by atoms with Gasteiger partial charge in [0.1, 0.15) is 18.0 Å². The highest BCUT2D eigenvalue weighted by Crippen LogP contribution is 2.44. The number of fused-ring (bicyclic) bond motifs is 1. The molecule has 1 aromatic carbocycles. The van der Waals surface area contributed by atoms with Gasteiger partial charge in [0, 0.05) is 26.9 Å². The Labute approximate surface area is 223 Å². The fourth-order valence-electron chi connectivity index (χ4n) is 4.07. The smallest absolute Gasteiger partial charge is 0.191 e. The fourth-order valence-corrected chi connectivity index (χ4v) is 4.76. The summed E-state index contributed by atoms with van der Waals surface area (Å²) in [5.74, 6) is -2.11. The number of anilines is 1. The lowest BCUT2D eigenvalue weighted by Gasteiger charge is -2.17. The van der Waals surface area contributed by atoms with Gasteiger partial charge in [-0.2, -0.15) is 0 Å². The van der Waals surface area contributed by atoms with E-state index in [4.69, 9.17) is 15.7 Å². The normalized spacial score (nSPS) is 34.7. The van der Waals surface area contributed by atoms with Crippen molar-refractivity contribution in [2.24, 2.45) is 0 Å². The maximum absolute atomic E-state index is 14.8. The van der Waals surface area contributed by atoms with Crippen LogP contribution in [0.15, 0.2) is 23.3 Å². The number of hydrogen-bond donors (Lipinski definition) is 4. The number of hydrogen-bond acceptors (Lipinski definition) is 10. The highest BCUT2D eigenvalue weighted by molar-refractivity contribution is 7.99. The van der Waals surface area contributed by atoms with Crippen LogP contribution in [0.2, 0.25) is 0 Å². The SMILES string of the molecule is [2H]c1c([2H])c([C@@H]2C([2H])([2H])[C@@]2([2H])Nc2nc(SCCC)nc3c2nnn3[C@@H]2C[C@H](OCC([2H])([2H])O)[C@@H](O)[C@H]2O)c([2H])c(F)c1C. The Hall–Kier alpha value is -2.38. The molecule has 0 bridgehead atoms. The molecule has 10 nitrogen and oxygen atoms in total. The van der Waals surface area contributed by atoms with Crippen LogP contribution in [-0.4, -0.2) is 83.5 Å². The lowest BCUT2D eigenvalue weighted by Crippen LogP contribution is -2.33. The van der Waals surface area contributed by atoms with E-state index in [1.54, 1.807) is 0 Å². The van der Waals surface area contributed by atoms with Crippen LogP contribution in [0.1, 0.15) is 60.2 Å². The minimum absolute atomic E-state index is 0.0230. The zero-order valence-corrected chi connectivity index (χ0v) is 20.3. The summed E-state index contributed by atoms with van der Waals surface area (Å²) in [6.45, 7) is -0.224. The van der Waals surface area contributed by atoms with E-state index >= 15 is 0 Å². The number of nitrogens with zero attached hydrogens (tertiary/aromatic N) is 5. The van der Waals surface area contributed by atoms with Gasteiger partial charge in [-0.1, -0.05) is 36.0 Å². The topological polar surface area (TPSA) is 138 Å². The minimum atomic E-state index is -2.66. The van der Waals surface area contributed by atoms with Crippen LogP contribution < -0.4 is 5.32 Å². The fraction of sp³-hybridized carbons (Fsp3) is 0.583. The number of benzene rings is 1. The molecule has 2 heterocycles. The number of aliphatic hydroxyl groups excluding tert-OH is 2. The van der Waals surface area contributed by atoms with E-state index in [2.05, 4.69) is 25.6 Å². The number of aliphatic hydroxyl groups is 3. The van der Waals surface area contributed by atoms with Gasteiger partial charge in [-0.15, -0.1) is 5.10 Å². The van der Waals surface area contributed by atoms with Gasteiger partial charge in [0.2, 0.25) is 0 Å². The lowest BCUT2D eigenvalue weighted by molar-refractivity contribution is -0.0629. The Kier molecular flexibility index (Phi) is 5.03. The molecule has 0 radical (unpaired) electrons. The van der Waals surface area contributed by atoms with Gasteiger partial charge in [-0.3, -0.25) is 0 Å². The van der Waals surface area contributed by atoms with Gasteiger partial charge in [-0.25, -0.2) is 19.0 Å². The molecule has 0 spiro atoms. The van der Waals surface area contributed by atoms with E-state index in [-0.39, 0.29) is 34.1 Å². The molecule has 2 aliphatic carbocycles. The monoisotopic (exact) mass is 526 g/mol. The predicted octanol–water partition coefficient (Wildman–Crippen LogP) is 2.18. The summed E-state index contributed by atoms with van der Waals surface area (Å²) < 4.78 is 86.6. The molecule has 36 heavy (non-hydrogen) atoms. The van der Waals surface area contributed by atoms with Crippen molar-refractivity contribution in [2.75, 3.05) is 24.2 Å². The van der Waals surface area contributed by atoms with E-state index in [9.17, 15) is 19.7 Å². The summed E-state index contributed by atoms with van der Waals surface area (Å²) in [6.07, 6.45) is -5.70. The van der Waals surface area contributed by atoms with E-state index in [1.807, 2.05) is 6.92 Å². The van der Waals surface area contributed by atoms with Crippen molar-refractivity contribution in [1.29, 1.82) is 0 Å². The van der Waals surface area contributed by atoms with E-state index < -0.39 is 85.3 Å². The van der Waals surface area contributed by atoms with Crippen molar-refractivity contribution in [2.45, 2.75) is 74.5 Å². The Morgan fingerprint density at radius 2 is 2.22 bits per heavy atom. The zero-order valence-electron chi connectivity index (χ0n) is 27.5. The van der Waals surface area contributed by atoms with Gasteiger partial charge in [0.05, 0.1) is 33.5 Å². The van der Waals surface area contributed by atoms with Crippen molar-refractivity contribution in [1.82, 2.24) is 25.0 Å². The molecule has 5 rings (SSSR count). The van der Waals surface area contributed by atoms with E-state index in [0.29, 0.717) is 5.75 Å². The average Bonchev–Trinajstić information content (AvgIpc) is 3.27. The molecule has 12 heteroatoms. The van der Waals surface area contributed by atoms with Crippen molar-refractivity contribution in [3.05, 3.63) is 35.1 Å². The number of thioether (sulfide) groups is 1. The van der Waals surface area contributed by atoms with Crippen LogP contribution >= 0.6 is 11.8 Å². The Morgan fingerprint density at radius 1 is 1.39 bits per heavy atom. The number of nitrogens with one attached hydrogen (secondary N) is 1. The molecular weight excluding hydrogens is 487 g/mol. The molecule has 2 saturated carbocycles. The minimum Gasteiger partial charge on any atom is -0.394 e. The van der Waals surface area contributed by atoms with Crippen LogP contribution in [0.3, 0.4) is 0 Å². The summed E-state index contributed by atoms with van der Waals surface area (Å²) in [6, 6.07) is -5.01. The third kappa shape index (κ3) is 4.92. The van der Waals surface area contributed by atoms with Crippen LogP contribution in [0.25, 0.3) is 11.2 Å². The van der Waals surface area contributed by atoms with Crippen LogP contribution in [0.5, 0.6) is 0 Å². The molecule has 3 aromatic rings. The molecule has 0 amide bonds. The molecule has 2 fully saturated rings. The maximum Gasteiger partial charge on any atom is 0.191 e. The van der Waals surface area contributed by atoms with Gasteiger partial charge < -0.3 is 25.4 Å². The molecule has 4 N–H and O–H groups in total. The molecule has 2 aromatic heterocycles. The third-order valence-electron chi connectivity index (χ3n) is 6.02. The summed E-state index contributed by atoms with van der Waals surface area (Å²) in [5, 5.41) is 41.8. The number of ether oxygens (including phenoxy) is 1. The Bertz CT molecular complexity index is 1570.